The van der Waals surface area contributed by atoms with Crippen LogP contribution in [0, 0.1) is 24.5 Å². The van der Waals surface area contributed by atoms with Crippen molar-refractivity contribution < 1.29 is 13.6 Å². The zero-order valence-corrected chi connectivity index (χ0v) is 15.3. The van der Waals surface area contributed by atoms with Crippen molar-refractivity contribution in [2.24, 2.45) is 5.92 Å². The lowest BCUT2D eigenvalue weighted by atomic mass is 9.89. The summed E-state index contributed by atoms with van der Waals surface area (Å²) in [7, 11) is 0. The van der Waals surface area contributed by atoms with Gasteiger partial charge in [0, 0.05) is 37.3 Å². The molecule has 6 heteroatoms. The number of likely N-dealkylation sites (tertiary alicyclic amines) is 1. The van der Waals surface area contributed by atoms with Crippen LogP contribution in [0.3, 0.4) is 0 Å². The van der Waals surface area contributed by atoms with Crippen molar-refractivity contribution in [2.75, 3.05) is 13.1 Å². The molecule has 0 bridgehead atoms. The predicted molar refractivity (Wildman–Crippen MR) is 95.9 cm³/mol. The molecule has 1 atom stereocenters. The van der Waals surface area contributed by atoms with Crippen LogP contribution in [0.15, 0.2) is 24.4 Å². The van der Waals surface area contributed by atoms with Crippen molar-refractivity contribution >= 4 is 5.78 Å². The minimum atomic E-state index is -0.648. The SMILES string of the molecule is CCCn1cc(CN2CCC[C@H](C(=O)c3cc(F)ccc3F)C2)c(C)n1. The fraction of sp³-hybridized carbons (Fsp3) is 0.500. The summed E-state index contributed by atoms with van der Waals surface area (Å²) in [6.07, 6.45) is 4.67. The fourth-order valence-electron chi connectivity index (χ4n) is 3.62. The Morgan fingerprint density at radius 3 is 2.92 bits per heavy atom. The van der Waals surface area contributed by atoms with Gasteiger partial charge >= 0.3 is 0 Å². The monoisotopic (exact) mass is 361 g/mol. The lowest BCUT2D eigenvalue weighted by molar-refractivity contribution is 0.0806. The summed E-state index contributed by atoms with van der Waals surface area (Å²) >= 11 is 0. The lowest BCUT2D eigenvalue weighted by Gasteiger charge is -2.31. The molecule has 2 heterocycles. The molecule has 3 rings (SSSR count). The number of benzene rings is 1. The third-order valence-corrected chi connectivity index (χ3v) is 4.96. The van der Waals surface area contributed by atoms with Crippen LogP contribution < -0.4 is 0 Å². The summed E-state index contributed by atoms with van der Waals surface area (Å²) in [5.41, 5.74) is 2.02. The van der Waals surface area contributed by atoms with Gasteiger partial charge in [-0.2, -0.15) is 5.10 Å². The Morgan fingerprint density at radius 2 is 2.15 bits per heavy atom. The summed E-state index contributed by atoms with van der Waals surface area (Å²) in [5, 5.41) is 4.52. The Labute approximate surface area is 152 Å². The first-order chi connectivity index (χ1) is 12.5. The average molecular weight is 361 g/mol. The number of halogens is 2. The standard InChI is InChI=1S/C20H25F2N3O/c1-3-8-25-13-16(14(2)23-25)12-24-9-4-5-15(11-24)20(26)18-10-17(21)6-7-19(18)22/h6-7,10,13,15H,3-5,8-9,11-12H2,1-2H3/t15-/m0/s1. The predicted octanol–water partition coefficient (Wildman–Crippen LogP) is 3.97. The van der Waals surface area contributed by atoms with Gasteiger partial charge in [-0.05, 0) is 50.9 Å². The van der Waals surface area contributed by atoms with E-state index in [9.17, 15) is 13.6 Å². The van der Waals surface area contributed by atoms with E-state index in [4.69, 9.17) is 0 Å². The fourth-order valence-corrected chi connectivity index (χ4v) is 3.62. The molecule has 140 valence electrons. The molecule has 0 N–H and O–H groups in total. The molecule has 1 aliphatic rings. The van der Waals surface area contributed by atoms with E-state index in [0.717, 1.165) is 61.9 Å². The van der Waals surface area contributed by atoms with Crippen molar-refractivity contribution in [3.05, 3.63) is 52.9 Å². The molecule has 1 aromatic carbocycles. The molecule has 1 saturated heterocycles. The minimum Gasteiger partial charge on any atom is -0.298 e. The van der Waals surface area contributed by atoms with E-state index >= 15 is 0 Å². The Hall–Kier alpha value is -2.08. The van der Waals surface area contributed by atoms with Gasteiger partial charge in [0.25, 0.3) is 0 Å². The number of rotatable bonds is 6. The van der Waals surface area contributed by atoms with Gasteiger partial charge in [0.05, 0.1) is 11.3 Å². The van der Waals surface area contributed by atoms with Crippen LogP contribution in [0.4, 0.5) is 8.78 Å². The third-order valence-electron chi connectivity index (χ3n) is 4.96. The van der Waals surface area contributed by atoms with Gasteiger partial charge in [-0.3, -0.25) is 14.4 Å². The molecular weight excluding hydrogens is 336 g/mol. The summed E-state index contributed by atoms with van der Waals surface area (Å²) in [5.74, 6) is -1.83. The molecule has 2 aromatic rings. The summed E-state index contributed by atoms with van der Waals surface area (Å²) in [6.45, 7) is 7.19. The zero-order chi connectivity index (χ0) is 18.7. The highest BCUT2D eigenvalue weighted by molar-refractivity contribution is 5.98. The first kappa shape index (κ1) is 18.7. The highest BCUT2D eigenvalue weighted by Gasteiger charge is 2.28. The maximum absolute atomic E-state index is 13.9. The number of Topliss-reactive ketones (excluding diaryl/α,β-unsaturated/α-hetero) is 1. The molecular formula is C20H25F2N3O. The highest BCUT2D eigenvalue weighted by atomic mass is 19.1. The first-order valence-corrected chi connectivity index (χ1v) is 9.22. The van der Waals surface area contributed by atoms with Crippen molar-refractivity contribution in [3.63, 3.8) is 0 Å². The van der Waals surface area contributed by atoms with Crippen LogP contribution >= 0.6 is 0 Å². The van der Waals surface area contributed by atoms with E-state index in [1.165, 1.54) is 0 Å². The lowest BCUT2D eigenvalue weighted by Crippen LogP contribution is -2.38. The van der Waals surface area contributed by atoms with Crippen LogP contribution in [-0.4, -0.2) is 33.6 Å². The summed E-state index contributed by atoms with van der Waals surface area (Å²) in [6, 6.07) is 3.07. The second kappa shape index (κ2) is 8.08. The van der Waals surface area contributed by atoms with Crippen molar-refractivity contribution in [1.29, 1.82) is 0 Å². The number of hydrogen-bond acceptors (Lipinski definition) is 3. The van der Waals surface area contributed by atoms with E-state index in [0.29, 0.717) is 13.0 Å². The molecule has 0 radical (unpaired) electrons. The number of ketones is 1. The van der Waals surface area contributed by atoms with E-state index in [2.05, 4.69) is 23.1 Å². The molecule has 26 heavy (non-hydrogen) atoms. The number of aromatic nitrogens is 2. The largest absolute Gasteiger partial charge is 0.298 e. The smallest absolute Gasteiger partial charge is 0.170 e. The molecule has 0 unspecified atom stereocenters. The number of aryl methyl sites for hydroxylation is 2. The van der Waals surface area contributed by atoms with Gasteiger partial charge in [0.15, 0.2) is 5.78 Å². The molecule has 4 nitrogen and oxygen atoms in total. The number of nitrogens with zero attached hydrogens (tertiary/aromatic N) is 3. The van der Waals surface area contributed by atoms with E-state index in [1.807, 2.05) is 11.6 Å². The summed E-state index contributed by atoms with van der Waals surface area (Å²) < 4.78 is 29.3. The zero-order valence-electron chi connectivity index (χ0n) is 15.3. The van der Waals surface area contributed by atoms with Gasteiger partial charge in [-0.15, -0.1) is 0 Å². The van der Waals surface area contributed by atoms with Gasteiger partial charge in [-0.1, -0.05) is 6.92 Å². The first-order valence-electron chi connectivity index (χ1n) is 9.22. The maximum atomic E-state index is 13.9. The van der Waals surface area contributed by atoms with E-state index in [-0.39, 0.29) is 17.3 Å². The molecule has 1 aromatic heterocycles. The van der Waals surface area contributed by atoms with Crippen molar-refractivity contribution in [2.45, 2.75) is 46.2 Å². The molecule has 0 aliphatic carbocycles. The van der Waals surface area contributed by atoms with Crippen molar-refractivity contribution in [1.82, 2.24) is 14.7 Å². The van der Waals surface area contributed by atoms with E-state index < -0.39 is 11.6 Å². The topological polar surface area (TPSA) is 38.1 Å². The van der Waals surface area contributed by atoms with Gasteiger partial charge in [-0.25, -0.2) is 8.78 Å². The van der Waals surface area contributed by atoms with Crippen LogP contribution in [0.2, 0.25) is 0 Å². The Balaban J connectivity index is 1.69. The van der Waals surface area contributed by atoms with Crippen LogP contribution in [0.1, 0.15) is 47.8 Å². The second-order valence-corrected chi connectivity index (χ2v) is 7.07. The number of piperidine rings is 1. The number of hydrogen-bond donors (Lipinski definition) is 0. The Bertz CT molecular complexity index is 787. The molecule has 0 amide bonds. The van der Waals surface area contributed by atoms with Crippen LogP contribution in [0.25, 0.3) is 0 Å². The third kappa shape index (κ3) is 4.18. The molecule has 1 aliphatic heterocycles. The summed E-state index contributed by atoms with van der Waals surface area (Å²) in [4.78, 5) is 14.9. The van der Waals surface area contributed by atoms with Gasteiger partial charge < -0.3 is 0 Å². The van der Waals surface area contributed by atoms with E-state index in [1.54, 1.807) is 0 Å². The molecule has 0 saturated carbocycles. The quantitative estimate of drug-likeness (QED) is 0.731. The van der Waals surface area contributed by atoms with Crippen LogP contribution in [-0.2, 0) is 13.1 Å². The number of carbonyl (C=O) groups is 1. The molecule has 0 spiro atoms. The van der Waals surface area contributed by atoms with Gasteiger partial charge in [0.1, 0.15) is 11.6 Å². The van der Waals surface area contributed by atoms with Crippen molar-refractivity contribution in [3.8, 4) is 0 Å². The highest BCUT2D eigenvalue weighted by Crippen LogP contribution is 2.24. The maximum Gasteiger partial charge on any atom is 0.170 e. The second-order valence-electron chi connectivity index (χ2n) is 7.07. The number of carbonyl (C=O) groups excluding carboxylic acids is 1. The van der Waals surface area contributed by atoms with Gasteiger partial charge in [0.2, 0.25) is 0 Å². The van der Waals surface area contributed by atoms with Crippen LogP contribution in [0.5, 0.6) is 0 Å². The molecule has 1 fully saturated rings. The Morgan fingerprint density at radius 1 is 1.35 bits per heavy atom. The minimum absolute atomic E-state index is 0.135. The average Bonchev–Trinajstić information content (AvgIpc) is 2.96. The normalized spacial score (nSPS) is 18.2. The Kier molecular flexibility index (Phi) is 5.81.